The first-order valence-electron chi connectivity index (χ1n) is 14.1. The Morgan fingerprint density at radius 1 is 0.594 bits per heavy atom. The first kappa shape index (κ1) is 32.8. The summed E-state index contributed by atoms with van der Waals surface area (Å²) in [7, 11) is -2.58. The molecule has 0 aliphatic carbocycles. The van der Waals surface area contributed by atoms with Crippen molar-refractivity contribution >= 4 is 31.4 Å². The summed E-state index contributed by atoms with van der Waals surface area (Å²) in [5.74, 6) is 0.580. The Kier molecular flexibility index (Phi) is 24.2. The van der Waals surface area contributed by atoms with Crippen LogP contribution in [-0.4, -0.2) is 32.5 Å². The standard InChI is InChI=1S/C27H57IO3Si/c1-6-10-13-16-17-20-23-29-32(9-4,30-24-26(5)21-18-14-11-7-2)31-25-27(28)22-19-15-12-8-3/h26-27H,6-25H2,1-5H3. The van der Waals surface area contributed by atoms with E-state index in [4.69, 9.17) is 13.3 Å². The highest BCUT2D eigenvalue weighted by molar-refractivity contribution is 14.1. The van der Waals surface area contributed by atoms with Gasteiger partial charge in [-0.2, -0.15) is 0 Å². The van der Waals surface area contributed by atoms with E-state index >= 15 is 0 Å². The van der Waals surface area contributed by atoms with Gasteiger partial charge in [-0.1, -0.05) is 141 Å². The molecule has 194 valence electrons. The summed E-state index contributed by atoms with van der Waals surface area (Å²) in [6, 6.07) is 0.880. The van der Waals surface area contributed by atoms with E-state index in [2.05, 4.69) is 57.2 Å². The van der Waals surface area contributed by atoms with Crippen molar-refractivity contribution in [3.63, 3.8) is 0 Å². The predicted octanol–water partition coefficient (Wildman–Crippen LogP) is 9.74. The number of unbranched alkanes of at least 4 members (excludes halogenated alkanes) is 11. The molecule has 0 saturated heterocycles. The maximum atomic E-state index is 6.53. The van der Waals surface area contributed by atoms with Crippen molar-refractivity contribution in [2.24, 2.45) is 5.92 Å². The molecule has 0 heterocycles. The molecule has 5 heteroatoms. The Morgan fingerprint density at radius 2 is 1.09 bits per heavy atom. The summed E-state index contributed by atoms with van der Waals surface area (Å²) < 4.78 is 20.1. The van der Waals surface area contributed by atoms with Gasteiger partial charge in [0.05, 0.1) is 6.61 Å². The van der Waals surface area contributed by atoms with E-state index in [0.29, 0.717) is 9.84 Å². The fourth-order valence-corrected chi connectivity index (χ4v) is 7.18. The molecule has 3 atom stereocenters. The van der Waals surface area contributed by atoms with Crippen LogP contribution in [0.5, 0.6) is 0 Å². The van der Waals surface area contributed by atoms with Crippen molar-refractivity contribution < 1.29 is 13.3 Å². The largest absolute Gasteiger partial charge is 0.500 e. The van der Waals surface area contributed by atoms with Gasteiger partial charge >= 0.3 is 8.80 Å². The third-order valence-corrected chi connectivity index (χ3v) is 9.95. The van der Waals surface area contributed by atoms with Crippen LogP contribution in [0, 0.1) is 5.92 Å². The average Bonchev–Trinajstić information content (AvgIpc) is 2.80. The van der Waals surface area contributed by atoms with Gasteiger partial charge in [0.25, 0.3) is 0 Å². The number of alkyl halides is 1. The Morgan fingerprint density at radius 3 is 1.69 bits per heavy atom. The summed E-state index contributed by atoms with van der Waals surface area (Å²) in [6.45, 7) is 13.7. The molecule has 0 aromatic carbocycles. The van der Waals surface area contributed by atoms with E-state index in [0.717, 1.165) is 32.3 Å². The monoisotopic (exact) mass is 584 g/mol. The highest BCUT2D eigenvalue weighted by atomic mass is 127. The van der Waals surface area contributed by atoms with Gasteiger partial charge in [-0.15, -0.1) is 0 Å². The fraction of sp³-hybridized carbons (Fsp3) is 1.00. The van der Waals surface area contributed by atoms with Crippen LogP contribution >= 0.6 is 22.6 Å². The van der Waals surface area contributed by atoms with E-state index in [1.54, 1.807) is 0 Å². The van der Waals surface area contributed by atoms with Crippen LogP contribution in [0.25, 0.3) is 0 Å². The minimum absolute atomic E-state index is 0.551. The molecule has 32 heavy (non-hydrogen) atoms. The van der Waals surface area contributed by atoms with Crippen LogP contribution in [0.2, 0.25) is 6.04 Å². The van der Waals surface area contributed by atoms with E-state index < -0.39 is 8.80 Å². The van der Waals surface area contributed by atoms with Crippen LogP contribution in [-0.2, 0) is 13.3 Å². The van der Waals surface area contributed by atoms with Crippen molar-refractivity contribution in [3.05, 3.63) is 0 Å². The average molecular weight is 585 g/mol. The second-order valence-corrected chi connectivity index (χ2v) is 14.4. The van der Waals surface area contributed by atoms with Gasteiger partial charge < -0.3 is 13.3 Å². The number of rotatable bonds is 25. The first-order valence-corrected chi connectivity index (χ1v) is 17.3. The van der Waals surface area contributed by atoms with Crippen molar-refractivity contribution in [2.45, 2.75) is 147 Å². The van der Waals surface area contributed by atoms with Crippen molar-refractivity contribution in [1.82, 2.24) is 0 Å². The van der Waals surface area contributed by atoms with E-state index in [9.17, 15) is 0 Å². The van der Waals surface area contributed by atoms with Crippen LogP contribution in [0.4, 0.5) is 0 Å². The summed E-state index contributed by atoms with van der Waals surface area (Å²) in [5, 5.41) is 0. The Bertz CT molecular complexity index is 362. The molecule has 0 rings (SSSR count). The molecule has 0 amide bonds. The number of hydrogen-bond donors (Lipinski definition) is 0. The number of hydrogen-bond acceptors (Lipinski definition) is 3. The van der Waals surface area contributed by atoms with Crippen molar-refractivity contribution in [3.8, 4) is 0 Å². The molecule has 3 unspecified atom stereocenters. The Labute approximate surface area is 217 Å². The van der Waals surface area contributed by atoms with E-state index in [1.165, 1.54) is 96.3 Å². The summed E-state index contributed by atoms with van der Waals surface area (Å²) in [4.78, 5) is 0. The van der Waals surface area contributed by atoms with Crippen LogP contribution in [0.15, 0.2) is 0 Å². The maximum absolute atomic E-state index is 6.53. The molecule has 0 N–H and O–H groups in total. The van der Waals surface area contributed by atoms with Gasteiger partial charge in [-0.3, -0.25) is 0 Å². The molecular formula is C27H57IO3Si. The lowest BCUT2D eigenvalue weighted by Gasteiger charge is -2.31. The topological polar surface area (TPSA) is 27.7 Å². The van der Waals surface area contributed by atoms with E-state index in [-0.39, 0.29) is 0 Å². The normalized spacial score (nSPS) is 15.6. The summed E-state index contributed by atoms with van der Waals surface area (Å²) >= 11 is 2.57. The molecule has 0 aromatic heterocycles. The third-order valence-electron chi connectivity index (χ3n) is 6.25. The SMILES string of the molecule is CCCCCCCCO[Si](CC)(OCC(C)CCCCCC)OCC(I)CCCCCC. The summed E-state index contributed by atoms with van der Waals surface area (Å²) in [5.41, 5.74) is 0. The van der Waals surface area contributed by atoms with Gasteiger partial charge in [0, 0.05) is 23.2 Å². The second-order valence-electron chi connectivity index (χ2n) is 9.68. The van der Waals surface area contributed by atoms with Gasteiger partial charge in [0.15, 0.2) is 0 Å². The minimum Gasteiger partial charge on any atom is -0.373 e. The fourth-order valence-electron chi connectivity index (χ4n) is 3.91. The third kappa shape index (κ3) is 19.2. The molecule has 0 aliphatic rings. The lowest BCUT2D eigenvalue weighted by atomic mass is 10.0. The Hall–Kier alpha value is 0.827. The molecule has 0 saturated carbocycles. The predicted molar refractivity (Wildman–Crippen MR) is 152 cm³/mol. The first-order chi connectivity index (χ1) is 15.5. The highest BCUT2D eigenvalue weighted by Gasteiger charge is 2.40. The van der Waals surface area contributed by atoms with Gasteiger partial charge in [0.1, 0.15) is 0 Å². The van der Waals surface area contributed by atoms with Gasteiger partial charge in [-0.25, -0.2) is 0 Å². The maximum Gasteiger partial charge on any atom is 0.500 e. The van der Waals surface area contributed by atoms with Crippen molar-refractivity contribution in [1.29, 1.82) is 0 Å². The van der Waals surface area contributed by atoms with Gasteiger partial charge in [-0.05, 0) is 25.2 Å². The molecule has 0 spiro atoms. The second kappa shape index (κ2) is 23.6. The smallest absolute Gasteiger partial charge is 0.373 e. The van der Waals surface area contributed by atoms with E-state index in [1.807, 2.05) is 0 Å². The molecule has 0 aliphatic heterocycles. The van der Waals surface area contributed by atoms with Crippen molar-refractivity contribution in [2.75, 3.05) is 19.8 Å². The summed E-state index contributed by atoms with van der Waals surface area (Å²) in [6.07, 6.45) is 20.8. The lowest BCUT2D eigenvalue weighted by Crippen LogP contribution is -2.47. The van der Waals surface area contributed by atoms with Crippen LogP contribution in [0.1, 0.15) is 137 Å². The molecular weight excluding hydrogens is 527 g/mol. The molecule has 0 bridgehead atoms. The molecule has 3 nitrogen and oxygen atoms in total. The zero-order valence-electron chi connectivity index (χ0n) is 22.4. The lowest BCUT2D eigenvalue weighted by molar-refractivity contribution is 0.0487. The zero-order valence-corrected chi connectivity index (χ0v) is 25.6. The minimum atomic E-state index is -2.58. The van der Waals surface area contributed by atoms with Gasteiger partial charge in [0.2, 0.25) is 0 Å². The van der Waals surface area contributed by atoms with Crippen LogP contribution < -0.4 is 0 Å². The molecule has 0 fully saturated rings. The Balaban J connectivity index is 4.57. The highest BCUT2D eigenvalue weighted by Crippen LogP contribution is 2.22. The number of halogens is 1. The van der Waals surface area contributed by atoms with Crippen LogP contribution in [0.3, 0.4) is 0 Å². The zero-order chi connectivity index (χ0) is 23.9. The molecule has 0 radical (unpaired) electrons. The molecule has 0 aromatic rings. The quantitative estimate of drug-likeness (QED) is 0.0463.